The first-order chi connectivity index (χ1) is 14.6. The van der Waals surface area contributed by atoms with Crippen LogP contribution in [0.25, 0.3) is 0 Å². The van der Waals surface area contributed by atoms with Gasteiger partial charge in [0.05, 0.1) is 6.61 Å². The average Bonchev–Trinajstić information content (AvgIpc) is 2.70. The Bertz CT molecular complexity index is 351. The summed E-state index contributed by atoms with van der Waals surface area (Å²) in [5, 5.41) is 0. The second kappa shape index (κ2) is 23.1. The standard InChI is InChI=1S/C28H56O2/c1-5-6-7-8-9-10-11-12-13-14-15-16-17-18-19-23-28(29)30-25-24-27(4)22-20-21-26(2)3/h26-27H,5-25H2,1-4H3/t27-/m1/s1. The minimum atomic E-state index is 0.0130. The van der Waals surface area contributed by atoms with Gasteiger partial charge in [-0.15, -0.1) is 0 Å². The van der Waals surface area contributed by atoms with Crippen LogP contribution in [-0.4, -0.2) is 12.6 Å². The molecule has 30 heavy (non-hydrogen) atoms. The number of unbranched alkanes of at least 4 members (excludes halogenated alkanes) is 14. The fourth-order valence-corrected chi connectivity index (χ4v) is 4.11. The lowest BCUT2D eigenvalue weighted by atomic mass is 9.98. The maximum absolute atomic E-state index is 11.8. The van der Waals surface area contributed by atoms with E-state index < -0.39 is 0 Å². The van der Waals surface area contributed by atoms with E-state index in [4.69, 9.17) is 4.74 Å². The molecular formula is C28H56O2. The smallest absolute Gasteiger partial charge is 0.305 e. The Labute approximate surface area is 190 Å². The second-order valence-corrected chi connectivity index (χ2v) is 10.1. The summed E-state index contributed by atoms with van der Waals surface area (Å²) in [6.07, 6.45) is 25.9. The molecule has 0 radical (unpaired) electrons. The summed E-state index contributed by atoms with van der Waals surface area (Å²) < 4.78 is 5.42. The molecule has 0 N–H and O–H groups in total. The van der Waals surface area contributed by atoms with E-state index in [0.29, 0.717) is 18.9 Å². The van der Waals surface area contributed by atoms with Crippen molar-refractivity contribution in [1.82, 2.24) is 0 Å². The van der Waals surface area contributed by atoms with Gasteiger partial charge in [0, 0.05) is 6.42 Å². The first kappa shape index (κ1) is 29.5. The number of esters is 1. The van der Waals surface area contributed by atoms with E-state index in [1.807, 2.05) is 0 Å². The molecule has 0 bridgehead atoms. The van der Waals surface area contributed by atoms with Gasteiger partial charge in [0.1, 0.15) is 0 Å². The lowest BCUT2D eigenvalue weighted by molar-refractivity contribution is -0.144. The van der Waals surface area contributed by atoms with Gasteiger partial charge in [0.25, 0.3) is 0 Å². The summed E-state index contributed by atoms with van der Waals surface area (Å²) in [6.45, 7) is 9.74. The van der Waals surface area contributed by atoms with Crippen molar-refractivity contribution in [3.63, 3.8) is 0 Å². The van der Waals surface area contributed by atoms with E-state index in [1.165, 1.54) is 109 Å². The first-order valence-corrected chi connectivity index (χ1v) is 13.7. The molecule has 2 heteroatoms. The van der Waals surface area contributed by atoms with Crippen molar-refractivity contribution < 1.29 is 9.53 Å². The van der Waals surface area contributed by atoms with E-state index in [0.717, 1.165) is 18.8 Å². The molecular weight excluding hydrogens is 368 g/mol. The van der Waals surface area contributed by atoms with Crippen LogP contribution in [0.1, 0.15) is 156 Å². The van der Waals surface area contributed by atoms with Gasteiger partial charge in [-0.05, 0) is 24.7 Å². The van der Waals surface area contributed by atoms with Crippen LogP contribution >= 0.6 is 0 Å². The zero-order valence-corrected chi connectivity index (χ0v) is 21.3. The second-order valence-electron chi connectivity index (χ2n) is 10.1. The molecule has 1 atom stereocenters. The summed E-state index contributed by atoms with van der Waals surface area (Å²) in [5.74, 6) is 1.48. The summed E-state index contributed by atoms with van der Waals surface area (Å²) >= 11 is 0. The predicted octanol–water partition coefficient (Wildman–Crippen LogP) is 9.64. The summed E-state index contributed by atoms with van der Waals surface area (Å²) in [4.78, 5) is 11.8. The highest BCUT2D eigenvalue weighted by molar-refractivity contribution is 5.69. The molecule has 0 fully saturated rings. The van der Waals surface area contributed by atoms with Crippen LogP contribution in [0.4, 0.5) is 0 Å². The molecule has 180 valence electrons. The Morgan fingerprint density at radius 2 is 1.07 bits per heavy atom. The van der Waals surface area contributed by atoms with Crippen LogP contribution < -0.4 is 0 Å². The van der Waals surface area contributed by atoms with Gasteiger partial charge in [0.2, 0.25) is 0 Å². The Kier molecular flexibility index (Phi) is 22.7. The third kappa shape index (κ3) is 23.7. The molecule has 2 nitrogen and oxygen atoms in total. The Hall–Kier alpha value is -0.530. The Balaban J connectivity index is 3.24. The molecule has 0 aliphatic carbocycles. The molecule has 0 aromatic heterocycles. The molecule has 0 saturated carbocycles. The zero-order valence-electron chi connectivity index (χ0n) is 21.3. The number of hydrogen-bond acceptors (Lipinski definition) is 2. The van der Waals surface area contributed by atoms with E-state index in [9.17, 15) is 4.79 Å². The van der Waals surface area contributed by atoms with Crippen LogP contribution in [0.15, 0.2) is 0 Å². The number of carbonyl (C=O) groups excluding carboxylic acids is 1. The van der Waals surface area contributed by atoms with Gasteiger partial charge >= 0.3 is 5.97 Å². The highest BCUT2D eigenvalue weighted by Crippen LogP contribution is 2.16. The Morgan fingerprint density at radius 1 is 0.600 bits per heavy atom. The van der Waals surface area contributed by atoms with Crippen LogP contribution in [0.2, 0.25) is 0 Å². The molecule has 0 unspecified atom stereocenters. The van der Waals surface area contributed by atoms with Gasteiger partial charge in [-0.2, -0.15) is 0 Å². The molecule has 0 amide bonds. The number of carbonyl (C=O) groups is 1. The van der Waals surface area contributed by atoms with Crippen molar-refractivity contribution in [2.75, 3.05) is 6.61 Å². The Morgan fingerprint density at radius 3 is 1.53 bits per heavy atom. The van der Waals surface area contributed by atoms with Gasteiger partial charge < -0.3 is 4.74 Å². The van der Waals surface area contributed by atoms with E-state index >= 15 is 0 Å². The fourth-order valence-electron chi connectivity index (χ4n) is 4.11. The maximum Gasteiger partial charge on any atom is 0.305 e. The molecule has 0 saturated heterocycles. The third-order valence-electron chi connectivity index (χ3n) is 6.34. The third-order valence-corrected chi connectivity index (χ3v) is 6.34. The van der Waals surface area contributed by atoms with Gasteiger partial charge in [0.15, 0.2) is 0 Å². The topological polar surface area (TPSA) is 26.3 Å². The van der Waals surface area contributed by atoms with Gasteiger partial charge in [-0.3, -0.25) is 4.79 Å². The van der Waals surface area contributed by atoms with E-state index in [1.54, 1.807) is 0 Å². The number of hydrogen-bond donors (Lipinski definition) is 0. The SMILES string of the molecule is CCCCCCCCCCCCCCCCCC(=O)OCC[C@H](C)CCCC(C)C. The summed E-state index contributed by atoms with van der Waals surface area (Å²) in [5.41, 5.74) is 0. The van der Waals surface area contributed by atoms with Crippen molar-refractivity contribution in [1.29, 1.82) is 0 Å². The van der Waals surface area contributed by atoms with Gasteiger partial charge in [-0.25, -0.2) is 0 Å². The largest absolute Gasteiger partial charge is 0.466 e. The normalized spacial score (nSPS) is 12.4. The van der Waals surface area contributed by atoms with Crippen LogP contribution in [-0.2, 0) is 9.53 Å². The van der Waals surface area contributed by atoms with Crippen LogP contribution in [0, 0.1) is 11.8 Å². The van der Waals surface area contributed by atoms with Crippen molar-refractivity contribution in [3.05, 3.63) is 0 Å². The highest BCUT2D eigenvalue weighted by atomic mass is 16.5. The fraction of sp³-hybridized carbons (Fsp3) is 0.964. The highest BCUT2D eigenvalue weighted by Gasteiger charge is 2.06. The monoisotopic (exact) mass is 424 g/mol. The van der Waals surface area contributed by atoms with Crippen molar-refractivity contribution in [2.24, 2.45) is 11.8 Å². The molecule has 0 spiro atoms. The molecule has 0 aromatic rings. The lowest BCUT2D eigenvalue weighted by Gasteiger charge is -2.12. The van der Waals surface area contributed by atoms with Crippen LogP contribution in [0.3, 0.4) is 0 Å². The summed E-state index contributed by atoms with van der Waals surface area (Å²) in [6, 6.07) is 0. The molecule has 0 heterocycles. The minimum Gasteiger partial charge on any atom is -0.466 e. The van der Waals surface area contributed by atoms with Crippen molar-refractivity contribution >= 4 is 5.97 Å². The molecule has 0 aliphatic heterocycles. The predicted molar refractivity (Wildman–Crippen MR) is 133 cm³/mol. The molecule has 0 aliphatic rings. The average molecular weight is 425 g/mol. The maximum atomic E-state index is 11.8. The van der Waals surface area contributed by atoms with Crippen molar-refractivity contribution in [2.45, 2.75) is 156 Å². The van der Waals surface area contributed by atoms with Crippen molar-refractivity contribution in [3.8, 4) is 0 Å². The minimum absolute atomic E-state index is 0.0130. The zero-order chi connectivity index (χ0) is 22.3. The molecule has 0 rings (SSSR count). The van der Waals surface area contributed by atoms with Gasteiger partial charge in [-0.1, -0.05) is 137 Å². The molecule has 0 aromatic carbocycles. The number of ether oxygens (including phenoxy) is 1. The lowest BCUT2D eigenvalue weighted by Crippen LogP contribution is -2.08. The summed E-state index contributed by atoms with van der Waals surface area (Å²) in [7, 11) is 0. The van der Waals surface area contributed by atoms with E-state index in [-0.39, 0.29) is 5.97 Å². The quantitative estimate of drug-likeness (QED) is 0.120. The van der Waals surface area contributed by atoms with E-state index in [2.05, 4.69) is 27.7 Å². The number of rotatable bonds is 23. The first-order valence-electron chi connectivity index (χ1n) is 13.7. The van der Waals surface area contributed by atoms with Crippen LogP contribution in [0.5, 0.6) is 0 Å².